The zero-order valence-electron chi connectivity index (χ0n) is 18.9. The highest BCUT2D eigenvalue weighted by Crippen LogP contribution is 2.30. The number of hydrogen-bond donors (Lipinski definition) is 2. The molecule has 2 amide bonds. The number of carbonyl (C=O) groups excluding carboxylic acids is 2. The summed E-state index contributed by atoms with van der Waals surface area (Å²) in [5.74, 6) is -2.50. The number of nitrogens with one attached hydrogen (secondary N) is 2. The lowest BCUT2D eigenvalue weighted by molar-refractivity contribution is -0.137. The van der Waals surface area contributed by atoms with Crippen LogP contribution in [0.3, 0.4) is 0 Å². The molecule has 0 saturated carbocycles. The van der Waals surface area contributed by atoms with E-state index in [0.717, 1.165) is 6.07 Å². The second kappa shape index (κ2) is 9.36. The van der Waals surface area contributed by atoms with Crippen molar-refractivity contribution in [1.82, 2.24) is 19.9 Å². The fourth-order valence-electron chi connectivity index (χ4n) is 3.51. The SMILES string of the molecule is CC(=O)Nc1cn2nc(-c3cc(C(=O)NCc4cc(C(F)(F)F)ccc4F)cc(F)c3C)ccc2n1. The number of amides is 2. The second-order valence-electron chi connectivity index (χ2n) is 7.95. The van der Waals surface area contributed by atoms with E-state index in [1.54, 1.807) is 12.1 Å². The Hall–Kier alpha value is -4.35. The predicted octanol–water partition coefficient (Wildman–Crippen LogP) is 4.89. The average molecular weight is 503 g/mol. The van der Waals surface area contributed by atoms with E-state index in [9.17, 15) is 31.5 Å². The Kier molecular flexibility index (Phi) is 6.44. The molecule has 0 aliphatic heterocycles. The number of aromatic nitrogens is 3. The van der Waals surface area contributed by atoms with Gasteiger partial charge in [0.15, 0.2) is 11.5 Å². The van der Waals surface area contributed by atoms with E-state index in [-0.39, 0.29) is 34.0 Å². The molecular formula is C24H18F5N5O2. The van der Waals surface area contributed by atoms with Crippen molar-refractivity contribution >= 4 is 23.3 Å². The number of imidazole rings is 1. The van der Waals surface area contributed by atoms with Crippen LogP contribution >= 0.6 is 0 Å². The fraction of sp³-hybridized carbons (Fsp3) is 0.167. The number of hydrogen-bond acceptors (Lipinski definition) is 4. The minimum absolute atomic E-state index is 0.132. The molecule has 7 nitrogen and oxygen atoms in total. The molecule has 0 spiro atoms. The Bertz CT molecular complexity index is 1500. The van der Waals surface area contributed by atoms with Crippen LogP contribution in [0.5, 0.6) is 0 Å². The van der Waals surface area contributed by atoms with Crippen LogP contribution in [-0.2, 0) is 17.5 Å². The molecular weight excluding hydrogens is 485 g/mol. The number of anilines is 1. The smallest absolute Gasteiger partial charge is 0.348 e. The minimum Gasteiger partial charge on any atom is -0.348 e. The first-order valence-corrected chi connectivity index (χ1v) is 10.5. The van der Waals surface area contributed by atoms with E-state index < -0.39 is 35.8 Å². The van der Waals surface area contributed by atoms with Crippen molar-refractivity contribution in [1.29, 1.82) is 0 Å². The molecule has 0 atom stereocenters. The first-order valence-electron chi connectivity index (χ1n) is 10.5. The van der Waals surface area contributed by atoms with Crippen LogP contribution in [0.25, 0.3) is 16.9 Å². The summed E-state index contributed by atoms with van der Waals surface area (Å²) in [4.78, 5) is 28.1. The quantitative estimate of drug-likeness (QED) is 0.380. The summed E-state index contributed by atoms with van der Waals surface area (Å²) < 4.78 is 68.8. The van der Waals surface area contributed by atoms with Crippen LogP contribution in [-0.4, -0.2) is 26.4 Å². The highest BCUT2D eigenvalue weighted by atomic mass is 19.4. The standard InChI is InChI=1S/C24H18F5N5O2/c1-12-17(20-5-6-22-32-21(31-13(2)35)11-34(22)33-20)8-14(9-19(12)26)23(36)30-10-15-7-16(24(27,28)29)3-4-18(15)25/h3-9,11H,10H2,1-2H3,(H,30,36)(H,31,35). The molecule has 0 radical (unpaired) electrons. The molecule has 2 aromatic carbocycles. The zero-order valence-corrected chi connectivity index (χ0v) is 18.9. The summed E-state index contributed by atoms with van der Waals surface area (Å²) in [5.41, 5.74) is -0.368. The summed E-state index contributed by atoms with van der Waals surface area (Å²) in [6, 6.07) is 7.37. The third kappa shape index (κ3) is 5.16. The number of rotatable bonds is 5. The van der Waals surface area contributed by atoms with E-state index >= 15 is 0 Å². The number of halogens is 5. The maximum absolute atomic E-state index is 14.7. The molecule has 0 aliphatic rings. The largest absolute Gasteiger partial charge is 0.416 e. The first-order chi connectivity index (χ1) is 16.9. The number of carbonyl (C=O) groups is 2. The van der Waals surface area contributed by atoms with Gasteiger partial charge >= 0.3 is 6.18 Å². The molecule has 0 bridgehead atoms. The predicted molar refractivity (Wildman–Crippen MR) is 120 cm³/mol. The molecule has 0 fully saturated rings. The van der Waals surface area contributed by atoms with Crippen molar-refractivity contribution in [2.45, 2.75) is 26.6 Å². The Morgan fingerprint density at radius 2 is 1.78 bits per heavy atom. The summed E-state index contributed by atoms with van der Waals surface area (Å²) in [7, 11) is 0. The molecule has 2 aromatic heterocycles. The van der Waals surface area contributed by atoms with Gasteiger partial charge in [-0.15, -0.1) is 0 Å². The van der Waals surface area contributed by atoms with Crippen LogP contribution < -0.4 is 10.6 Å². The Morgan fingerprint density at radius 3 is 2.47 bits per heavy atom. The van der Waals surface area contributed by atoms with E-state index in [1.165, 1.54) is 30.6 Å². The van der Waals surface area contributed by atoms with Crippen LogP contribution in [0, 0.1) is 18.6 Å². The van der Waals surface area contributed by atoms with Gasteiger partial charge in [-0.25, -0.2) is 18.3 Å². The third-order valence-electron chi connectivity index (χ3n) is 5.32. The maximum Gasteiger partial charge on any atom is 0.416 e. The molecule has 4 aromatic rings. The van der Waals surface area contributed by atoms with Crippen molar-refractivity contribution in [3.8, 4) is 11.3 Å². The van der Waals surface area contributed by atoms with Gasteiger partial charge in [-0.3, -0.25) is 9.59 Å². The highest BCUT2D eigenvalue weighted by molar-refractivity contribution is 5.95. The van der Waals surface area contributed by atoms with Gasteiger partial charge in [-0.1, -0.05) is 0 Å². The van der Waals surface area contributed by atoms with Gasteiger partial charge in [-0.05, 0) is 55.0 Å². The van der Waals surface area contributed by atoms with Gasteiger partial charge in [-0.2, -0.15) is 18.3 Å². The lowest BCUT2D eigenvalue weighted by Gasteiger charge is -2.12. The van der Waals surface area contributed by atoms with E-state index in [4.69, 9.17) is 0 Å². The molecule has 36 heavy (non-hydrogen) atoms. The van der Waals surface area contributed by atoms with Gasteiger partial charge in [0.25, 0.3) is 5.91 Å². The van der Waals surface area contributed by atoms with Crippen molar-refractivity contribution in [3.63, 3.8) is 0 Å². The molecule has 0 saturated heterocycles. The maximum atomic E-state index is 14.7. The first kappa shape index (κ1) is 24.8. The third-order valence-corrected chi connectivity index (χ3v) is 5.32. The van der Waals surface area contributed by atoms with Crippen molar-refractivity contribution in [2.75, 3.05) is 5.32 Å². The van der Waals surface area contributed by atoms with Crippen molar-refractivity contribution < 1.29 is 31.5 Å². The average Bonchev–Trinajstić information content (AvgIpc) is 3.19. The van der Waals surface area contributed by atoms with E-state index in [0.29, 0.717) is 29.5 Å². The van der Waals surface area contributed by atoms with Gasteiger partial charge in [0.05, 0.1) is 17.5 Å². The van der Waals surface area contributed by atoms with Crippen LogP contribution in [0.15, 0.2) is 48.7 Å². The number of fused-ring (bicyclic) bond motifs is 1. The minimum atomic E-state index is -4.67. The van der Waals surface area contributed by atoms with E-state index in [1.807, 2.05) is 0 Å². The normalized spacial score (nSPS) is 11.5. The molecule has 186 valence electrons. The lowest BCUT2D eigenvalue weighted by Crippen LogP contribution is -2.24. The van der Waals surface area contributed by atoms with Crippen molar-refractivity contribution in [3.05, 3.63) is 82.5 Å². The Morgan fingerprint density at radius 1 is 1.03 bits per heavy atom. The van der Waals surface area contributed by atoms with E-state index in [2.05, 4.69) is 20.7 Å². The van der Waals surface area contributed by atoms with Crippen LogP contribution in [0.1, 0.15) is 34.0 Å². The van der Waals surface area contributed by atoms with Crippen molar-refractivity contribution in [2.24, 2.45) is 0 Å². The second-order valence-corrected chi connectivity index (χ2v) is 7.95. The van der Waals surface area contributed by atoms with Gasteiger partial charge < -0.3 is 10.6 Å². The molecule has 0 aliphatic carbocycles. The molecule has 2 heterocycles. The Balaban J connectivity index is 1.61. The molecule has 4 rings (SSSR count). The highest BCUT2D eigenvalue weighted by Gasteiger charge is 2.31. The molecule has 0 unspecified atom stereocenters. The molecule has 2 N–H and O–H groups in total. The monoisotopic (exact) mass is 503 g/mol. The number of nitrogens with zero attached hydrogens (tertiary/aromatic N) is 3. The zero-order chi connectivity index (χ0) is 26.2. The van der Waals surface area contributed by atoms with Gasteiger partial charge in [0.2, 0.25) is 5.91 Å². The summed E-state index contributed by atoms with van der Waals surface area (Å²) in [6.07, 6.45) is -3.21. The summed E-state index contributed by atoms with van der Waals surface area (Å²) in [6.45, 7) is 2.28. The van der Waals surface area contributed by atoms with Crippen LogP contribution in [0.4, 0.5) is 27.8 Å². The fourth-order valence-corrected chi connectivity index (χ4v) is 3.51. The summed E-state index contributed by atoms with van der Waals surface area (Å²) in [5, 5.41) is 9.21. The summed E-state index contributed by atoms with van der Waals surface area (Å²) >= 11 is 0. The van der Waals surface area contributed by atoms with Gasteiger partial charge in [0, 0.05) is 30.2 Å². The Labute approximate surface area is 201 Å². The van der Waals surface area contributed by atoms with Gasteiger partial charge in [0.1, 0.15) is 11.6 Å². The topological polar surface area (TPSA) is 88.4 Å². The molecule has 12 heteroatoms. The number of benzene rings is 2. The number of alkyl halides is 3. The lowest BCUT2D eigenvalue weighted by atomic mass is 10.0. The van der Waals surface area contributed by atoms with Crippen LogP contribution in [0.2, 0.25) is 0 Å².